The maximum Gasteiger partial charge on any atom is 0.119 e. The molecule has 1 unspecified atom stereocenters. The summed E-state index contributed by atoms with van der Waals surface area (Å²) >= 11 is 0. The summed E-state index contributed by atoms with van der Waals surface area (Å²) in [5, 5.41) is 3.27. The summed E-state index contributed by atoms with van der Waals surface area (Å²) in [4.78, 5) is 0. The maximum absolute atomic E-state index is 5.74. The van der Waals surface area contributed by atoms with Gasteiger partial charge >= 0.3 is 0 Å². The minimum atomic E-state index is 0.210. The van der Waals surface area contributed by atoms with Crippen molar-refractivity contribution >= 4 is 0 Å². The topological polar surface area (TPSA) is 39.7 Å². The van der Waals surface area contributed by atoms with Gasteiger partial charge in [-0.1, -0.05) is 12.1 Å². The van der Waals surface area contributed by atoms with Crippen LogP contribution >= 0.6 is 0 Å². The molecule has 0 amide bonds. The molecule has 0 aromatic heterocycles. The molecule has 100 valence electrons. The Morgan fingerprint density at radius 3 is 2.56 bits per heavy atom. The van der Waals surface area contributed by atoms with Crippen molar-refractivity contribution in [1.82, 2.24) is 5.32 Å². The highest BCUT2D eigenvalue weighted by atomic mass is 16.6. The fourth-order valence-electron chi connectivity index (χ4n) is 1.85. The molecule has 2 rings (SSSR count). The van der Waals surface area contributed by atoms with Crippen molar-refractivity contribution in [3.05, 3.63) is 29.8 Å². The van der Waals surface area contributed by atoms with Crippen LogP contribution in [0.3, 0.4) is 0 Å². The first-order valence-corrected chi connectivity index (χ1v) is 6.43. The molecule has 1 aliphatic heterocycles. The SMILES string of the molecule is CCOc1ccc(C(COC2COC2)NC)cc1. The molecule has 1 fully saturated rings. The Balaban J connectivity index is 1.89. The number of nitrogens with one attached hydrogen (secondary N) is 1. The Bertz CT molecular complexity index is 349. The lowest BCUT2D eigenvalue weighted by atomic mass is 10.1. The van der Waals surface area contributed by atoms with Crippen LogP contribution in [0.5, 0.6) is 5.75 Å². The highest BCUT2D eigenvalue weighted by molar-refractivity contribution is 5.29. The lowest BCUT2D eigenvalue weighted by Crippen LogP contribution is -2.38. The van der Waals surface area contributed by atoms with E-state index in [4.69, 9.17) is 14.2 Å². The van der Waals surface area contributed by atoms with Gasteiger partial charge in [0.05, 0.1) is 32.5 Å². The van der Waals surface area contributed by atoms with Crippen molar-refractivity contribution in [2.24, 2.45) is 0 Å². The summed E-state index contributed by atoms with van der Waals surface area (Å²) in [6, 6.07) is 8.35. The van der Waals surface area contributed by atoms with Gasteiger partial charge in [-0.05, 0) is 31.7 Å². The van der Waals surface area contributed by atoms with Gasteiger partial charge in [0.25, 0.3) is 0 Å². The summed E-state index contributed by atoms with van der Waals surface area (Å²) in [7, 11) is 1.95. The lowest BCUT2D eigenvalue weighted by Gasteiger charge is -2.28. The Morgan fingerprint density at radius 2 is 2.06 bits per heavy atom. The van der Waals surface area contributed by atoms with E-state index in [1.165, 1.54) is 5.56 Å². The zero-order chi connectivity index (χ0) is 12.8. The third-order valence-corrected chi connectivity index (χ3v) is 3.05. The predicted octanol–water partition coefficient (Wildman–Crippen LogP) is 1.76. The summed E-state index contributed by atoms with van der Waals surface area (Å²) in [6.07, 6.45) is 0.267. The molecule has 1 saturated heterocycles. The molecule has 0 saturated carbocycles. The summed E-state index contributed by atoms with van der Waals surface area (Å²) in [6.45, 7) is 4.79. The molecule has 1 aliphatic rings. The third kappa shape index (κ3) is 3.45. The first-order chi connectivity index (χ1) is 8.83. The van der Waals surface area contributed by atoms with Gasteiger partial charge in [-0.15, -0.1) is 0 Å². The average Bonchev–Trinajstić information content (AvgIpc) is 2.34. The molecule has 0 bridgehead atoms. The van der Waals surface area contributed by atoms with Gasteiger partial charge in [-0.3, -0.25) is 0 Å². The highest BCUT2D eigenvalue weighted by Crippen LogP contribution is 2.19. The van der Waals surface area contributed by atoms with Crippen molar-refractivity contribution in [3.8, 4) is 5.75 Å². The number of likely N-dealkylation sites (N-methyl/N-ethyl adjacent to an activating group) is 1. The van der Waals surface area contributed by atoms with Crippen LogP contribution in [0.25, 0.3) is 0 Å². The molecule has 1 N–H and O–H groups in total. The summed E-state index contributed by atoms with van der Waals surface area (Å²) in [5.74, 6) is 0.907. The van der Waals surface area contributed by atoms with E-state index >= 15 is 0 Å². The van der Waals surface area contributed by atoms with E-state index in [-0.39, 0.29) is 12.1 Å². The van der Waals surface area contributed by atoms with Crippen LogP contribution in [0.15, 0.2) is 24.3 Å². The largest absolute Gasteiger partial charge is 0.494 e. The molecule has 0 spiro atoms. The van der Waals surface area contributed by atoms with Crippen LogP contribution in [-0.4, -0.2) is 39.6 Å². The second-order valence-corrected chi connectivity index (χ2v) is 4.34. The average molecular weight is 251 g/mol. The van der Waals surface area contributed by atoms with Gasteiger partial charge in [0, 0.05) is 0 Å². The Labute approximate surface area is 108 Å². The van der Waals surface area contributed by atoms with Crippen molar-refractivity contribution in [2.45, 2.75) is 19.1 Å². The third-order valence-electron chi connectivity index (χ3n) is 3.05. The molecule has 1 aromatic rings. The van der Waals surface area contributed by atoms with E-state index in [2.05, 4.69) is 17.4 Å². The number of ether oxygens (including phenoxy) is 3. The second-order valence-electron chi connectivity index (χ2n) is 4.34. The van der Waals surface area contributed by atoms with Gasteiger partial charge in [-0.2, -0.15) is 0 Å². The molecule has 4 nitrogen and oxygen atoms in total. The quantitative estimate of drug-likeness (QED) is 0.801. The van der Waals surface area contributed by atoms with Crippen LogP contribution in [0, 0.1) is 0 Å². The molecular formula is C14H21NO3. The molecule has 1 heterocycles. The standard InChI is InChI=1S/C14H21NO3/c1-3-17-12-6-4-11(5-7-12)14(15-2)10-18-13-8-16-9-13/h4-7,13-15H,3,8-10H2,1-2H3. The van der Waals surface area contributed by atoms with Crippen molar-refractivity contribution < 1.29 is 14.2 Å². The first-order valence-electron chi connectivity index (χ1n) is 6.43. The Morgan fingerprint density at radius 1 is 1.33 bits per heavy atom. The molecule has 18 heavy (non-hydrogen) atoms. The normalized spacial score (nSPS) is 17.2. The molecule has 0 aliphatic carbocycles. The maximum atomic E-state index is 5.74. The number of hydrogen-bond donors (Lipinski definition) is 1. The fraction of sp³-hybridized carbons (Fsp3) is 0.571. The van der Waals surface area contributed by atoms with E-state index in [0.717, 1.165) is 19.0 Å². The minimum Gasteiger partial charge on any atom is -0.494 e. The molecule has 4 heteroatoms. The van der Waals surface area contributed by atoms with Gasteiger partial charge in [-0.25, -0.2) is 0 Å². The van der Waals surface area contributed by atoms with E-state index in [1.54, 1.807) is 0 Å². The number of hydrogen-bond acceptors (Lipinski definition) is 4. The van der Waals surface area contributed by atoms with Crippen molar-refractivity contribution in [1.29, 1.82) is 0 Å². The summed E-state index contributed by atoms with van der Waals surface area (Å²) < 4.78 is 16.3. The fourth-order valence-corrected chi connectivity index (χ4v) is 1.85. The zero-order valence-electron chi connectivity index (χ0n) is 11.0. The van der Waals surface area contributed by atoms with Crippen LogP contribution < -0.4 is 10.1 Å². The zero-order valence-corrected chi connectivity index (χ0v) is 11.0. The molecular weight excluding hydrogens is 230 g/mol. The van der Waals surface area contributed by atoms with Crippen molar-refractivity contribution in [2.75, 3.05) is 33.5 Å². The second kappa shape index (κ2) is 6.73. The number of rotatable bonds is 7. The van der Waals surface area contributed by atoms with Gasteiger partial charge < -0.3 is 19.5 Å². The Hall–Kier alpha value is -1.10. The van der Waals surface area contributed by atoms with Crippen LogP contribution in [-0.2, 0) is 9.47 Å². The smallest absolute Gasteiger partial charge is 0.119 e. The first kappa shape index (κ1) is 13.3. The van der Waals surface area contributed by atoms with E-state index in [1.807, 2.05) is 26.1 Å². The van der Waals surface area contributed by atoms with Crippen LogP contribution in [0.2, 0.25) is 0 Å². The van der Waals surface area contributed by atoms with Crippen molar-refractivity contribution in [3.63, 3.8) is 0 Å². The predicted molar refractivity (Wildman–Crippen MR) is 70.0 cm³/mol. The van der Waals surface area contributed by atoms with Crippen LogP contribution in [0.4, 0.5) is 0 Å². The monoisotopic (exact) mass is 251 g/mol. The number of benzene rings is 1. The minimum absolute atomic E-state index is 0.210. The Kier molecular flexibility index (Phi) is 4.99. The molecule has 0 radical (unpaired) electrons. The lowest BCUT2D eigenvalue weighted by molar-refractivity contribution is -0.133. The van der Waals surface area contributed by atoms with E-state index in [9.17, 15) is 0 Å². The van der Waals surface area contributed by atoms with Gasteiger partial charge in [0.15, 0.2) is 0 Å². The summed E-state index contributed by atoms with van der Waals surface area (Å²) in [5.41, 5.74) is 1.21. The van der Waals surface area contributed by atoms with Crippen LogP contribution in [0.1, 0.15) is 18.5 Å². The molecule has 1 aromatic carbocycles. The van der Waals surface area contributed by atoms with Gasteiger partial charge in [0.2, 0.25) is 0 Å². The molecule has 1 atom stereocenters. The van der Waals surface area contributed by atoms with E-state index in [0.29, 0.717) is 13.2 Å². The van der Waals surface area contributed by atoms with E-state index < -0.39 is 0 Å². The highest BCUT2D eigenvalue weighted by Gasteiger charge is 2.20. The van der Waals surface area contributed by atoms with Gasteiger partial charge in [0.1, 0.15) is 11.9 Å².